The molecule has 0 aliphatic rings. The van der Waals surface area contributed by atoms with Crippen LogP contribution in [0.15, 0.2) is 46.7 Å². The zero-order chi connectivity index (χ0) is 16.2. The summed E-state index contributed by atoms with van der Waals surface area (Å²) in [6.07, 6.45) is 0. The van der Waals surface area contributed by atoms with Crippen molar-refractivity contribution >= 4 is 27.3 Å². The highest BCUT2D eigenvalue weighted by Gasteiger charge is 2.23. The Labute approximate surface area is 134 Å². The Bertz CT molecular complexity index is 721. The Morgan fingerprint density at radius 3 is 2.41 bits per heavy atom. The van der Waals surface area contributed by atoms with E-state index in [0.717, 1.165) is 4.88 Å². The SMILES string of the molecule is CCN(Cc1cccs1)S(=O)(=O)c1ccc(C(=O)OC)cc1. The number of hydrogen-bond acceptors (Lipinski definition) is 5. The highest BCUT2D eigenvalue weighted by molar-refractivity contribution is 7.89. The second-order valence-corrected chi connectivity index (χ2v) is 7.50. The minimum absolute atomic E-state index is 0.165. The first-order valence-corrected chi connectivity index (χ1v) is 9.02. The number of esters is 1. The van der Waals surface area contributed by atoms with E-state index in [2.05, 4.69) is 4.74 Å². The molecule has 0 amide bonds. The lowest BCUT2D eigenvalue weighted by molar-refractivity contribution is 0.0600. The number of benzene rings is 1. The Hall–Kier alpha value is -1.70. The van der Waals surface area contributed by atoms with Crippen LogP contribution in [0.4, 0.5) is 0 Å². The van der Waals surface area contributed by atoms with Crippen molar-refractivity contribution in [3.63, 3.8) is 0 Å². The molecule has 118 valence electrons. The zero-order valence-electron chi connectivity index (χ0n) is 12.4. The Morgan fingerprint density at radius 1 is 1.23 bits per heavy atom. The third-order valence-electron chi connectivity index (χ3n) is 3.18. The van der Waals surface area contributed by atoms with Crippen LogP contribution in [0.5, 0.6) is 0 Å². The van der Waals surface area contributed by atoms with Crippen molar-refractivity contribution < 1.29 is 17.9 Å². The fourth-order valence-corrected chi connectivity index (χ4v) is 4.20. The monoisotopic (exact) mass is 339 g/mol. The zero-order valence-corrected chi connectivity index (χ0v) is 14.0. The van der Waals surface area contributed by atoms with Gasteiger partial charge in [-0.25, -0.2) is 13.2 Å². The Balaban J connectivity index is 2.26. The maximum Gasteiger partial charge on any atom is 0.337 e. The first-order valence-electron chi connectivity index (χ1n) is 6.70. The Kier molecular flexibility index (Phi) is 5.33. The molecule has 0 aliphatic carbocycles. The summed E-state index contributed by atoms with van der Waals surface area (Å²) in [6.45, 7) is 2.52. The lowest BCUT2D eigenvalue weighted by atomic mass is 10.2. The Morgan fingerprint density at radius 2 is 1.91 bits per heavy atom. The van der Waals surface area contributed by atoms with E-state index in [4.69, 9.17) is 0 Å². The highest BCUT2D eigenvalue weighted by Crippen LogP contribution is 2.20. The van der Waals surface area contributed by atoms with Crippen molar-refractivity contribution in [2.24, 2.45) is 0 Å². The van der Waals surface area contributed by atoms with Gasteiger partial charge < -0.3 is 4.74 Å². The maximum atomic E-state index is 12.7. The number of sulfonamides is 1. The second kappa shape index (κ2) is 7.04. The van der Waals surface area contributed by atoms with E-state index in [1.54, 1.807) is 6.92 Å². The van der Waals surface area contributed by atoms with E-state index in [1.165, 1.54) is 47.0 Å². The van der Waals surface area contributed by atoms with Gasteiger partial charge in [0.1, 0.15) is 0 Å². The van der Waals surface area contributed by atoms with Gasteiger partial charge in [-0.1, -0.05) is 13.0 Å². The summed E-state index contributed by atoms with van der Waals surface area (Å²) in [5, 5.41) is 1.92. The van der Waals surface area contributed by atoms with Gasteiger partial charge in [-0.15, -0.1) is 11.3 Å². The lowest BCUT2D eigenvalue weighted by Gasteiger charge is -2.19. The number of hydrogen-bond donors (Lipinski definition) is 0. The smallest absolute Gasteiger partial charge is 0.337 e. The van der Waals surface area contributed by atoms with Gasteiger partial charge in [0.25, 0.3) is 0 Å². The molecule has 2 aromatic rings. The molecule has 0 atom stereocenters. The first-order chi connectivity index (χ1) is 10.5. The van der Waals surface area contributed by atoms with Crippen LogP contribution in [0.2, 0.25) is 0 Å². The topological polar surface area (TPSA) is 63.7 Å². The van der Waals surface area contributed by atoms with Crippen molar-refractivity contribution in [2.45, 2.75) is 18.4 Å². The molecule has 1 heterocycles. The van der Waals surface area contributed by atoms with Gasteiger partial charge in [-0.05, 0) is 35.7 Å². The average molecular weight is 339 g/mol. The highest BCUT2D eigenvalue weighted by atomic mass is 32.2. The van der Waals surface area contributed by atoms with Crippen LogP contribution in [0.3, 0.4) is 0 Å². The molecule has 0 saturated carbocycles. The number of carbonyl (C=O) groups excluding carboxylic acids is 1. The van der Waals surface area contributed by atoms with Gasteiger partial charge in [-0.2, -0.15) is 4.31 Å². The molecular weight excluding hydrogens is 322 g/mol. The van der Waals surface area contributed by atoms with Crippen molar-refractivity contribution in [1.29, 1.82) is 0 Å². The quantitative estimate of drug-likeness (QED) is 0.759. The predicted octanol–water partition coefficient (Wildman–Crippen LogP) is 2.75. The number of carbonyl (C=O) groups is 1. The minimum atomic E-state index is -3.59. The van der Waals surface area contributed by atoms with Crippen molar-refractivity contribution in [3.05, 3.63) is 52.2 Å². The molecule has 0 saturated heterocycles. The van der Waals surface area contributed by atoms with Crippen LogP contribution in [-0.4, -0.2) is 32.3 Å². The lowest BCUT2D eigenvalue weighted by Crippen LogP contribution is -2.30. The molecular formula is C15H17NO4S2. The number of thiophene rings is 1. The first kappa shape index (κ1) is 16.7. The molecule has 0 radical (unpaired) electrons. The van der Waals surface area contributed by atoms with Crippen molar-refractivity contribution in [1.82, 2.24) is 4.31 Å². The second-order valence-electron chi connectivity index (χ2n) is 4.53. The van der Waals surface area contributed by atoms with E-state index in [1.807, 2.05) is 17.5 Å². The molecule has 0 spiro atoms. The molecule has 5 nitrogen and oxygen atoms in total. The van der Waals surface area contributed by atoms with Gasteiger partial charge in [-0.3, -0.25) is 0 Å². The third kappa shape index (κ3) is 3.55. The van der Waals surface area contributed by atoms with Crippen molar-refractivity contribution in [2.75, 3.05) is 13.7 Å². The molecule has 1 aromatic carbocycles. The predicted molar refractivity (Wildman–Crippen MR) is 85.4 cm³/mol. The summed E-state index contributed by atoms with van der Waals surface area (Å²) in [4.78, 5) is 12.5. The number of rotatable bonds is 6. The van der Waals surface area contributed by atoms with Crippen LogP contribution in [0.1, 0.15) is 22.2 Å². The fraction of sp³-hybridized carbons (Fsp3) is 0.267. The largest absolute Gasteiger partial charge is 0.465 e. The van der Waals surface area contributed by atoms with E-state index in [-0.39, 0.29) is 4.90 Å². The molecule has 0 bridgehead atoms. The molecule has 0 aliphatic heterocycles. The van der Waals surface area contributed by atoms with Crippen LogP contribution >= 0.6 is 11.3 Å². The number of methoxy groups -OCH3 is 1. The summed E-state index contributed by atoms with van der Waals surface area (Å²) in [5.74, 6) is -0.491. The molecule has 2 rings (SSSR count). The summed E-state index contributed by atoms with van der Waals surface area (Å²) in [6, 6.07) is 9.57. The van der Waals surface area contributed by atoms with Crippen LogP contribution in [-0.2, 0) is 21.3 Å². The summed E-state index contributed by atoms with van der Waals surface area (Å²) < 4.78 is 31.3. The third-order valence-corrected chi connectivity index (χ3v) is 5.97. The molecule has 0 N–H and O–H groups in total. The van der Waals surface area contributed by atoms with Crippen LogP contribution in [0, 0.1) is 0 Å². The van der Waals surface area contributed by atoms with E-state index in [0.29, 0.717) is 18.7 Å². The van der Waals surface area contributed by atoms with E-state index in [9.17, 15) is 13.2 Å². The normalized spacial score (nSPS) is 11.6. The molecule has 7 heteroatoms. The van der Waals surface area contributed by atoms with Gasteiger partial charge >= 0.3 is 5.97 Å². The molecule has 0 fully saturated rings. The molecule has 22 heavy (non-hydrogen) atoms. The standard InChI is InChI=1S/C15H17NO4S2/c1-3-16(11-13-5-4-10-21-13)22(18,19)14-8-6-12(7-9-14)15(17)20-2/h4-10H,3,11H2,1-2H3. The number of nitrogens with zero attached hydrogens (tertiary/aromatic N) is 1. The average Bonchev–Trinajstić information content (AvgIpc) is 3.04. The van der Waals surface area contributed by atoms with Crippen LogP contribution < -0.4 is 0 Å². The molecule has 0 unspecified atom stereocenters. The maximum absolute atomic E-state index is 12.7. The molecule has 1 aromatic heterocycles. The number of ether oxygens (including phenoxy) is 1. The van der Waals surface area contributed by atoms with Gasteiger partial charge in [0, 0.05) is 18.0 Å². The fourth-order valence-electron chi connectivity index (χ4n) is 1.97. The summed E-state index contributed by atoms with van der Waals surface area (Å²) >= 11 is 1.52. The van der Waals surface area contributed by atoms with Crippen LogP contribution in [0.25, 0.3) is 0 Å². The van der Waals surface area contributed by atoms with E-state index >= 15 is 0 Å². The van der Waals surface area contributed by atoms with Gasteiger partial charge in [0.05, 0.1) is 17.6 Å². The van der Waals surface area contributed by atoms with E-state index < -0.39 is 16.0 Å². The van der Waals surface area contributed by atoms with Gasteiger partial charge in [0.15, 0.2) is 0 Å². The van der Waals surface area contributed by atoms with Crippen molar-refractivity contribution in [3.8, 4) is 0 Å². The minimum Gasteiger partial charge on any atom is -0.465 e. The summed E-state index contributed by atoms with van der Waals surface area (Å²) in [7, 11) is -2.30. The summed E-state index contributed by atoms with van der Waals surface area (Å²) in [5.41, 5.74) is 0.322. The van der Waals surface area contributed by atoms with Gasteiger partial charge in [0.2, 0.25) is 10.0 Å².